The molecule has 1 aliphatic rings. The summed E-state index contributed by atoms with van der Waals surface area (Å²) in [6, 6.07) is 10.8. The summed E-state index contributed by atoms with van der Waals surface area (Å²) in [7, 11) is 0. The minimum atomic E-state index is 0.0478. The zero-order chi connectivity index (χ0) is 13.1. The van der Waals surface area contributed by atoms with Gasteiger partial charge in [0.2, 0.25) is 0 Å². The molecule has 3 rings (SSSR count). The van der Waals surface area contributed by atoms with Crippen molar-refractivity contribution in [2.75, 3.05) is 0 Å². The highest BCUT2D eigenvalue weighted by molar-refractivity contribution is 5.33. The first-order chi connectivity index (χ1) is 9.34. The van der Waals surface area contributed by atoms with E-state index in [1.54, 1.807) is 12.4 Å². The number of aromatic nitrogens is 2. The van der Waals surface area contributed by atoms with Crippen LogP contribution in [-0.4, -0.2) is 10.2 Å². The zero-order valence-electron chi connectivity index (χ0n) is 11.0. The van der Waals surface area contributed by atoms with Crippen molar-refractivity contribution in [1.29, 1.82) is 0 Å². The Morgan fingerprint density at radius 2 is 2.11 bits per heavy atom. The third-order valence-corrected chi connectivity index (χ3v) is 4.07. The molecule has 0 radical (unpaired) electrons. The Morgan fingerprint density at radius 3 is 2.95 bits per heavy atom. The number of nitrogens with zero attached hydrogens (tertiary/aromatic N) is 2. The van der Waals surface area contributed by atoms with Gasteiger partial charge in [0.15, 0.2) is 0 Å². The van der Waals surface area contributed by atoms with Crippen LogP contribution >= 0.6 is 0 Å². The van der Waals surface area contributed by atoms with Crippen molar-refractivity contribution in [3.05, 3.63) is 59.4 Å². The number of rotatable bonds is 3. The van der Waals surface area contributed by atoms with Crippen molar-refractivity contribution in [3.63, 3.8) is 0 Å². The molecule has 2 unspecified atom stereocenters. The molecule has 1 aliphatic carbocycles. The van der Waals surface area contributed by atoms with Crippen LogP contribution in [0.3, 0.4) is 0 Å². The van der Waals surface area contributed by atoms with E-state index in [2.05, 4.69) is 34.5 Å². The highest BCUT2D eigenvalue weighted by Gasteiger charge is 2.22. The Labute approximate surface area is 113 Å². The third kappa shape index (κ3) is 2.66. The monoisotopic (exact) mass is 253 g/mol. The van der Waals surface area contributed by atoms with Gasteiger partial charge in [-0.3, -0.25) is 0 Å². The molecule has 98 valence electrons. The molecule has 0 aliphatic heterocycles. The van der Waals surface area contributed by atoms with E-state index in [1.165, 1.54) is 30.4 Å². The Hall–Kier alpha value is -1.74. The fourth-order valence-corrected chi connectivity index (χ4v) is 3.06. The van der Waals surface area contributed by atoms with Crippen molar-refractivity contribution in [3.8, 4) is 0 Å². The summed E-state index contributed by atoms with van der Waals surface area (Å²) in [4.78, 5) is 0. The average molecular weight is 253 g/mol. The summed E-state index contributed by atoms with van der Waals surface area (Å²) in [5, 5.41) is 7.72. The van der Waals surface area contributed by atoms with Crippen LogP contribution in [0.1, 0.15) is 47.9 Å². The van der Waals surface area contributed by atoms with Gasteiger partial charge in [-0.25, -0.2) is 0 Å². The molecule has 2 atom stereocenters. The molecule has 1 heterocycles. The Morgan fingerprint density at radius 1 is 1.21 bits per heavy atom. The van der Waals surface area contributed by atoms with Crippen molar-refractivity contribution in [2.24, 2.45) is 5.73 Å². The molecule has 0 saturated heterocycles. The SMILES string of the molecule is NC(CC1CCCc2ccccc21)c1ccnnc1. The molecule has 2 aromatic rings. The van der Waals surface area contributed by atoms with Crippen LogP contribution < -0.4 is 5.73 Å². The van der Waals surface area contributed by atoms with Gasteiger partial charge in [-0.1, -0.05) is 24.3 Å². The van der Waals surface area contributed by atoms with Gasteiger partial charge >= 0.3 is 0 Å². The number of benzene rings is 1. The van der Waals surface area contributed by atoms with Crippen LogP contribution in [-0.2, 0) is 6.42 Å². The largest absolute Gasteiger partial charge is 0.324 e. The lowest BCUT2D eigenvalue weighted by atomic mass is 9.79. The summed E-state index contributed by atoms with van der Waals surface area (Å²) in [5.74, 6) is 0.577. The minimum absolute atomic E-state index is 0.0478. The molecule has 3 heteroatoms. The fourth-order valence-electron chi connectivity index (χ4n) is 3.06. The molecule has 1 aromatic heterocycles. The Bertz CT molecular complexity index is 539. The molecule has 3 nitrogen and oxygen atoms in total. The first-order valence-electron chi connectivity index (χ1n) is 6.94. The van der Waals surface area contributed by atoms with E-state index in [0.29, 0.717) is 5.92 Å². The van der Waals surface area contributed by atoms with E-state index >= 15 is 0 Å². The Kier molecular flexibility index (Phi) is 3.56. The molecule has 0 amide bonds. The molecule has 1 aromatic carbocycles. The average Bonchev–Trinajstić information content (AvgIpc) is 2.48. The summed E-state index contributed by atoms with van der Waals surface area (Å²) in [5.41, 5.74) is 10.4. The summed E-state index contributed by atoms with van der Waals surface area (Å²) in [6.45, 7) is 0. The van der Waals surface area contributed by atoms with Crippen LogP contribution in [0.4, 0.5) is 0 Å². The molecular formula is C16H19N3. The first-order valence-corrected chi connectivity index (χ1v) is 6.94. The quantitative estimate of drug-likeness (QED) is 0.915. The van der Waals surface area contributed by atoms with Gasteiger partial charge in [-0.15, -0.1) is 0 Å². The maximum atomic E-state index is 6.32. The second-order valence-electron chi connectivity index (χ2n) is 5.31. The van der Waals surface area contributed by atoms with E-state index in [0.717, 1.165) is 12.0 Å². The predicted octanol–water partition coefficient (Wildman–Crippen LogP) is 2.99. The van der Waals surface area contributed by atoms with Gasteiger partial charge < -0.3 is 5.73 Å². The lowest BCUT2D eigenvalue weighted by molar-refractivity contribution is 0.475. The van der Waals surface area contributed by atoms with Crippen LogP contribution in [0.15, 0.2) is 42.7 Å². The van der Waals surface area contributed by atoms with Gasteiger partial charge in [0.1, 0.15) is 0 Å². The normalized spacial score (nSPS) is 19.7. The smallest absolute Gasteiger partial charge is 0.0543 e. The summed E-state index contributed by atoms with van der Waals surface area (Å²) < 4.78 is 0. The zero-order valence-corrected chi connectivity index (χ0v) is 11.0. The lowest BCUT2D eigenvalue weighted by Gasteiger charge is -2.27. The molecule has 2 N–H and O–H groups in total. The standard InChI is InChI=1S/C16H19N3/c17-16(14-8-9-18-19-11-14)10-13-6-3-5-12-4-1-2-7-15(12)13/h1-2,4,7-9,11,13,16H,3,5-6,10,17H2. The van der Waals surface area contributed by atoms with Crippen LogP contribution in [0.2, 0.25) is 0 Å². The van der Waals surface area contributed by atoms with Gasteiger partial charge in [0, 0.05) is 12.2 Å². The van der Waals surface area contributed by atoms with E-state index in [9.17, 15) is 0 Å². The highest BCUT2D eigenvalue weighted by atomic mass is 15.1. The molecule has 0 saturated carbocycles. The molecule has 0 fully saturated rings. The molecule has 0 bridgehead atoms. The van der Waals surface area contributed by atoms with E-state index in [-0.39, 0.29) is 6.04 Å². The lowest BCUT2D eigenvalue weighted by Crippen LogP contribution is -2.18. The molecule has 0 spiro atoms. The van der Waals surface area contributed by atoms with Crippen molar-refractivity contribution in [2.45, 2.75) is 37.6 Å². The van der Waals surface area contributed by atoms with E-state index in [1.807, 2.05) is 6.07 Å². The second kappa shape index (κ2) is 5.49. The van der Waals surface area contributed by atoms with Gasteiger partial charge in [-0.2, -0.15) is 10.2 Å². The number of aryl methyl sites for hydroxylation is 1. The first kappa shape index (κ1) is 12.3. The van der Waals surface area contributed by atoms with Gasteiger partial charge in [-0.05, 0) is 54.4 Å². The van der Waals surface area contributed by atoms with Gasteiger partial charge in [0.25, 0.3) is 0 Å². The van der Waals surface area contributed by atoms with Crippen LogP contribution in [0, 0.1) is 0 Å². The van der Waals surface area contributed by atoms with Crippen LogP contribution in [0.25, 0.3) is 0 Å². The molecule has 19 heavy (non-hydrogen) atoms. The summed E-state index contributed by atoms with van der Waals surface area (Å²) in [6.07, 6.45) is 8.19. The minimum Gasteiger partial charge on any atom is -0.324 e. The predicted molar refractivity (Wildman–Crippen MR) is 75.7 cm³/mol. The van der Waals surface area contributed by atoms with E-state index in [4.69, 9.17) is 5.73 Å². The van der Waals surface area contributed by atoms with Crippen molar-refractivity contribution < 1.29 is 0 Å². The van der Waals surface area contributed by atoms with E-state index < -0.39 is 0 Å². The highest BCUT2D eigenvalue weighted by Crippen LogP contribution is 2.36. The maximum Gasteiger partial charge on any atom is 0.0543 e. The fraction of sp³-hybridized carbons (Fsp3) is 0.375. The van der Waals surface area contributed by atoms with Crippen LogP contribution in [0.5, 0.6) is 0 Å². The maximum absolute atomic E-state index is 6.32. The third-order valence-electron chi connectivity index (χ3n) is 4.07. The number of nitrogens with two attached hydrogens (primary N) is 1. The summed E-state index contributed by atoms with van der Waals surface area (Å²) >= 11 is 0. The topological polar surface area (TPSA) is 51.8 Å². The Balaban J connectivity index is 1.78. The van der Waals surface area contributed by atoms with Gasteiger partial charge in [0.05, 0.1) is 6.20 Å². The van der Waals surface area contributed by atoms with Crippen molar-refractivity contribution in [1.82, 2.24) is 10.2 Å². The number of hydrogen-bond donors (Lipinski definition) is 1. The number of fused-ring (bicyclic) bond motifs is 1. The molecular weight excluding hydrogens is 234 g/mol. The van der Waals surface area contributed by atoms with Crippen molar-refractivity contribution >= 4 is 0 Å². The number of hydrogen-bond acceptors (Lipinski definition) is 3. The second-order valence-corrected chi connectivity index (χ2v) is 5.31.